The highest BCUT2D eigenvalue weighted by Gasteiger charge is 2.66. The lowest BCUT2D eigenvalue weighted by Gasteiger charge is -2.33. The van der Waals surface area contributed by atoms with Crippen molar-refractivity contribution in [3.8, 4) is 5.75 Å². The number of methoxy groups -OCH3 is 1. The van der Waals surface area contributed by atoms with Crippen LogP contribution in [0.5, 0.6) is 5.75 Å². The van der Waals surface area contributed by atoms with Gasteiger partial charge in [-0.3, -0.25) is 5.32 Å². The van der Waals surface area contributed by atoms with Crippen LogP contribution in [0.3, 0.4) is 0 Å². The first kappa shape index (κ1) is 18.6. The fraction of sp³-hybridized carbons (Fsp3) is 0.429. The molecule has 0 spiro atoms. The Morgan fingerprint density at radius 1 is 1.13 bits per heavy atom. The number of ether oxygens (including phenoxy) is 3. The second kappa shape index (κ2) is 7.21. The molecule has 128 valence electrons. The first-order chi connectivity index (χ1) is 10.6. The van der Waals surface area contributed by atoms with E-state index < -0.39 is 30.1 Å². The third-order valence-electron chi connectivity index (χ3n) is 2.51. The maximum atomic E-state index is 13.5. The van der Waals surface area contributed by atoms with Crippen LogP contribution in [0.2, 0.25) is 0 Å². The molecule has 0 bridgehead atoms. The van der Waals surface area contributed by atoms with Gasteiger partial charge in [-0.2, -0.15) is 13.2 Å². The number of hydrogen-bond acceptors (Lipinski definition) is 5. The number of hydrogen-bond donors (Lipinski definition) is 1. The number of para-hydroxylation sites is 1. The van der Waals surface area contributed by atoms with Crippen LogP contribution in [0.1, 0.15) is 13.8 Å². The quantitative estimate of drug-likeness (QED) is 0.661. The summed E-state index contributed by atoms with van der Waals surface area (Å²) in [5.74, 6) is -2.13. The Labute approximate surface area is 130 Å². The highest BCUT2D eigenvalue weighted by atomic mass is 19.4. The van der Waals surface area contributed by atoms with E-state index in [2.05, 4.69) is 9.47 Å². The molecule has 1 amide bonds. The van der Waals surface area contributed by atoms with E-state index in [1.165, 1.54) is 43.4 Å². The van der Waals surface area contributed by atoms with Crippen LogP contribution in [0, 0.1) is 0 Å². The highest BCUT2D eigenvalue weighted by molar-refractivity contribution is 5.85. The smallest absolute Gasteiger partial charge is 0.461 e. The van der Waals surface area contributed by atoms with Gasteiger partial charge >= 0.3 is 24.0 Å². The zero-order valence-electron chi connectivity index (χ0n) is 12.6. The van der Waals surface area contributed by atoms with Gasteiger partial charge in [0.2, 0.25) is 0 Å². The molecule has 1 aromatic rings. The molecule has 1 N–H and O–H groups in total. The molecule has 0 aliphatic carbocycles. The summed E-state index contributed by atoms with van der Waals surface area (Å²) in [4.78, 5) is 23.4. The summed E-state index contributed by atoms with van der Waals surface area (Å²) in [6.07, 6.45) is -7.47. The Bertz CT molecular complexity index is 547. The second-order valence-corrected chi connectivity index (χ2v) is 4.66. The molecule has 0 unspecified atom stereocenters. The van der Waals surface area contributed by atoms with E-state index in [-0.39, 0.29) is 5.75 Å². The summed E-state index contributed by atoms with van der Waals surface area (Å²) in [6.45, 7) is 2.87. The lowest BCUT2D eigenvalue weighted by molar-refractivity contribution is -0.259. The van der Waals surface area contributed by atoms with Crippen LogP contribution in [-0.2, 0) is 14.3 Å². The molecule has 1 atom stereocenters. The number of benzene rings is 1. The van der Waals surface area contributed by atoms with Crippen LogP contribution >= 0.6 is 0 Å². The summed E-state index contributed by atoms with van der Waals surface area (Å²) >= 11 is 0. The Balaban J connectivity index is 3.25. The molecule has 0 aliphatic rings. The zero-order valence-corrected chi connectivity index (χ0v) is 12.6. The molecule has 0 aliphatic heterocycles. The third kappa shape index (κ3) is 4.51. The normalized spacial score (nSPS) is 13.9. The molecule has 0 radical (unpaired) electrons. The van der Waals surface area contributed by atoms with Crippen molar-refractivity contribution in [3.05, 3.63) is 30.3 Å². The Hall–Kier alpha value is -2.45. The number of halogens is 3. The van der Waals surface area contributed by atoms with Crippen molar-refractivity contribution in [1.29, 1.82) is 0 Å². The Morgan fingerprint density at radius 2 is 1.70 bits per heavy atom. The zero-order chi connectivity index (χ0) is 17.7. The van der Waals surface area contributed by atoms with E-state index >= 15 is 0 Å². The fourth-order valence-corrected chi connectivity index (χ4v) is 1.56. The van der Waals surface area contributed by atoms with Gasteiger partial charge in [-0.1, -0.05) is 18.2 Å². The number of alkyl halides is 3. The minimum Gasteiger partial charge on any atom is -0.464 e. The minimum absolute atomic E-state index is 0.292. The molecular formula is C14H16F3NO5. The maximum absolute atomic E-state index is 13.5. The summed E-state index contributed by atoms with van der Waals surface area (Å²) in [6, 6.07) is 6.73. The largest absolute Gasteiger partial charge is 0.464 e. The van der Waals surface area contributed by atoms with Gasteiger partial charge in [-0.05, 0) is 26.0 Å². The highest BCUT2D eigenvalue weighted by Crippen LogP contribution is 2.34. The molecule has 0 fully saturated rings. The van der Waals surface area contributed by atoms with Gasteiger partial charge in [0.1, 0.15) is 5.75 Å². The summed E-state index contributed by atoms with van der Waals surface area (Å²) < 4.78 is 54.0. The number of carbonyl (C=O) groups excluding carboxylic acids is 2. The van der Waals surface area contributed by atoms with Gasteiger partial charge in [-0.25, -0.2) is 9.59 Å². The van der Waals surface area contributed by atoms with Crippen molar-refractivity contribution in [2.45, 2.75) is 31.9 Å². The van der Waals surface area contributed by atoms with E-state index in [4.69, 9.17) is 4.74 Å². The van der Waals surface area contributed by atoms with Gasteiger partial charge in [0.15, 0.2) is 0 Å². The van der Waals surface area contributed by atoms with Crippen molar-refractivity contribution in [3.63, 3.8) is 0 Å². The molecule has 23 heavy (non-hydrogen) atoms. The number of amides is 1. The Kier molecular flexibility index (Phi) is 5.83. The molecule has 0 aromatic heterocycles. The number of rotatable bonds is 5. The van der Waals surface area contributed by atoms with Gasteiger partial charge in [0, 0.05) is 0 Å². The molecule has 0 heterocycles. The van der Waals surface area contributed by atoms with E-state index in [9.17, 15) is 22.8 Å². The molecule has 9 heteroatoms. The second-order valence-electron chi connectivity index (χ2n) is 4.66. The predicted octanol–water partition coefficient (Wildman–Crippen LogP) is 2.63. The van der Waals surface area contributed by atoms with Crippen LogP contribution in [0.25, 0.3) is 0 Å². The first-order valence-electron chi connectivity index (χ1n) is 6.50. The lowest BCUT2D eigenvalue weighted by Crippen LogP contribution is -2.68. The monoisotopic (exact) mass is 335 g/mol. The lowest BCUT2D eigenvalue weighted by atomic mass is 10.2. The standard InChI is InChI=1S/C14H16F3NO5/c1-9(2)22-12(20)18-13(11(19)21-3,14(15,16)17)23-10-7-5-4-6-8-10/h4-9H,1-3H3,(H,18,20)/t13-/m0/s1. The van der Waals surface area contributed by atoms with Gasteiger partial charge in [-0.15, -0.1) is 0 Å². The molecule has 0 saturated heterocycles. The molecular weight excluding hydrogens is 319 g/mol. The van der Waals surface area contributed by atoms with E-state index in [0.29, 0.717) is 0 Å². The van der Waals surface area contributed by atoms with Crippen molar-refractivity contribution in [2.75, 3.05) is 7.11 Å². The average Bonchev–Trinajstić information content (AvgIpc) is 2.44. The van der Waals surface area contributed by atoms with Gasteiger partial charge in [0.05, 0.1) is 13.2 Å². The predicted molar refractivity (Wildman–Crippen MR) is 72.6 cm³/mol. The van der Waals surface area contributed by atoms with Crippen molar-refractivity contribution in [2.24, 2.45) is 0 Å². The van der Waals surface area contributed by atoms with Crippen molar-refractivity contribution < 1.29 is 37.0 Å². The van der Waals surface area contributed by atoms with Crippen molar-refractivity contribution in [1.82, 2.24) is 5.32 Å². The van der Waals surface area contributed by atoms with Gasteiger partial charge in [0.25, 0.3) is 0 Å². The average molecular weight is 335 g/mol. The van der Waals surface area contributed by atoms with Crippen LogP contribution < -0.4 is 10.1 Å². The maximum Gasteiger partial charge on any atom is 0.461 e. The van der Waals surface area contributed by atoms with Crippen LogP contribution in [0.4, 0.5) is 18.0 Å². The molecule has 0 saturated carbocycles. The fourth-order valence-electron chi connectivity index (χ4n) is 1.56. The third-order valence-corrected chi connectivity index (χ3v) is 2.51. The molecule has 1 aromatic carbocycles. The number of esters is 1. The Morgan fingerprint density at radius 3 is 2.13 bits per heavy atom. The van der Waals surface area contributed by atoms with Gasteiger partial charge < -0.3 is 14.2 Å². The number of nitrogens with one attached hydrogen (secondary N) is 1. The SMILES string of the molecule is COC(=O)[C@](NC(=O)OC(C)C)(Oc1ccccc1)C(F)(F)F. The summed E-state index contributed by atoms with van der Waals surface area (Å²) in [7, 11) is 0.743. The minimum atomic E-state index is -5.30. The number of carbonyl (C=O) groups is 2. The summed E-state index contributed by atoms with van der Waals surface area (Å²) in [5.41, 5.74) is -3.73. The molecule has 6 nitrogen and oxygen atoms in total. The van der Waals surface area contributed by atoms with Crippen molar-refractivity contribution >= 4 is 12.1 Å². The molecule has 1 rings (SSSR count). The van der Waals surface area contributed by atoms with Crippen LogP contribution in [0.15, 0.2) is 30.3 Å². The first-order valence-corrected chi connectivity index (χ1v) is 6.50. The van der Waals surface area contributed by atoms with E-state index in [1.54, 1.807) is 6.07 Å². The summed E-state index contributed by atoms with van der Waals surface area (Å²) in [5, 5.41) is 1.42. The van der Waals surface area contributed by atoms with E-state index in [1.807, 2.05) is 0 Å². The van der Waals surface area contributed by atoms with E-state index in [0.717, 1.165) is 7.11 Å². The number of alkyl carbamates (subject to hydrolysis) is 1. The topological polar surface area (TPSA) is 73.9 Å². The van der Waals surface area contributed by atoms with Crippen LogP contribution in [-0.4, -0.2) is 37.2 Å².